The maximum absolute atomic E-state index is 12.2. The second-order valence-electron chi connectivity index (χ2n) is 9.29. The average Bonchev–Trinajstić information content (AvgIpc) is 3.59. The number of H-pyrrole nitrogens is 2. The number of methoxy groups -OCH3 is 1. The van der Waals surface area contributed by atoms with Crippen LogP contribution < -0.4 is 10.1 Å². The molecule has 1 fully saturated rings. The number of carbonyl (C=O) groups excluding carboxylic acids is 1. The van der Waals surface area contributed by atoms with E-state index in [-0.39, 0.29) is 11.8 Å². The molecule has 0 unspecified atom stereocenters. The van der Waals surface area contributed by atoms with Gasteiger partial charge in [-0.15, -0.1) is 0 Å². The number of fused-ring (bicyclic) bond motifs is 2. The minimum Gasteiger partial charge on any atom is -0.497 e. The quantitative estimate of drug-likeness (QED) is 0.292. The lowest BCUT2D eigenvalue weighted by Crippen LogP contribution is -2.13. The number of nitrogens with zero attached hydrogens (tertiary/aromatic N) is 5. The third-order valence-corrected chi connectivity index (χ3v) is 6.66. The highest BCUT2D eigenvalue weighted by molar-refractivity contribution is 5.96. The molecule has 3 N–H and O–H groups in total. The van der Waals surface area contributed by atoms with E-state index in [1.165, 1.54) is 0 Å². The standard InChI is InChI=1S/C28H22N8O2/c1-38-19-4-2-3-16(10-19)20-13-30-14-23-24(20)34-27(33-23)26-25-22(35-36-26)8-7-21(32-25)17-9-18(12-29-11-17)31-28(37)15-5-6-15/h2-4,7-15H,5-6H2,1H3,(H,31,37)(H,33,34)(H,35,36). The average molecular weight is 503 g/mol. The number of nitrogens with one attached hydrogen (secondary N) is 3. The number of pyridine rings is 3. The van der Waals surface area contributed by atoms with E-state index in [0.29, 0.717) is 28.4 Å². The van der Waals surface area contributed by atoms with Crippen molar-refractivity contribution in [2.45, 2.75) is 12.8 Å². The van der Waals surface area contributed by atoms with Crippen LogP contribution in [0.15, 0.2) is 67.3 Å². The number of rotatable bonds is 6. The van der Waals surface area contributed by atoms with Gasteiger partial charge in [-0.3, -0.25) is 19.9 Å². The van der Waals surface area contributed by atoms with Crippen LogP contribution >= 0.6 is 0 Å². The molecule has 5 heterocycles. The highest BCUT2D eigenvalue weighted by Gasteiger charge is 2.29. The van der Waals surface area contributed by atoms with Crippen molar-refractivity contribution < 1.29 is 9.53 Å². The summed E-state index contributed by atoms with van der Waals surface area (Å²) in [6.45, 7) is 0. The molecule has 7 rings (SSSR count). The summed E-state index contributed by atoms with van der Waals surface area (Å²) in [6.07, 6.45) is 8.81. The largest absolute Gasteiger partial charge is 0.497 e. The molecule has 186 valence electrons. The van der Waals surface area contributed by atoms with E-state index in [1.54, 1.807) is 31.9 Å². The summed E-state index contributed by atoms with van der Waals surface area (Å²) >= 11 is 0. The van der Waals surface area contributed by atoms with Crippen molar-refractivity contribution in [2.24, 2.45) is 5.92 Å². The minimum atomic E-state index is 0.0390. The molecule has 1 aliphatic rings. The summed E-state index contributed by atoms with van der Waals surface area (Å²) < 4.78 is 5.39. The topological polar surface area (TPSA) is 134 Å². The smallest absolute Gasteiger partial charge is 0.227 e. The van der Waals surface area contributed by atoms with E-state index in [2.05, 4.69) is 30.5 Å². The number of amides is 1. The number of hydrogen-bond acceptors (Lipinski definition) is 7. The van der Waals surface area contributed by atoms with Crippen LogP contribution in [-0.4, -0.2) is 48.1 Å². The Morgan fingerprint density at radius 2 is 1.84 bits per heavy atom. The van der Waals surface area contributed by atoms with Gasteiger partial charge in [0.25, 0.3) is 0 Å². The summed E-state index contributed by atoms with van der Waals surface area (Å²) in [6, 6.07) is 13.5. The number of carbonyl (C=O) groups is 1. The van der Waals surface area contributed by atoms with Crippen molar-refractivity contribution in [3.05, 3.63) is 67.3 Å². The molecule has 0 saturated heterocycles. The van der Waals surface area contributed by atoms with Crippen LogP contribution in [-0.2, 0) is 4.79 Å². The van der Waals surface area contributed by atoms with Gasteiger partial charge in [-0.2, -0.15) is 5.10 Å². The number of anilines is 1. The minimum absolute atomic E-state index is 0.0390. The number of benzene rings is 1. The van der Waals surface area contributed by atoms with Gasteiger partial charge in [0.15, 0.2) is 11.5 Å². The summed E-state index contributed by atoms with van der Waals surface area (Å²) in [5.41, 5.74) is 7.61. The fourth-order valence-electron chi connectivity index (χ4n) is 4.51. The third kappa shape index (κ3) is 3.92. The van der Waals surface area contributed by atoms with Crippen molar-refractivity contribution >= 4 is 33.7 Å². The van der Waals surface area contributed by atoms with Gasteiger partial charge in [0.05, 0.1) is 47.4 Å². The van der Waals surface area contributed by atoms with Gasteiger partial charge in [-0.05, 0) is 48.7 Å². The monoisotopic (exact) mass is 502 g/mol. The van der Waals surface area contributed by atoms with Crippen LogP contribution in [0.1, 0.15) is 12.8 Å². The van der Waals surface area contributed by atoms with Crippen LogP contribution in [0, 0.1) is 5.92 Å². The summed E-state index contributed by atoms with van der Waals surface area (Å²) in [4.78, 5) is 34.0. The fourth-order valence-corrected chi connectivity index (χ4v) is 4.51. The molecule has 1 aliphatic carbocycles. The first-order valence-electron chi connectivity index (χ1n) is 12.3. The molecule has 0 bridgehead atoms. The first-order valence-corrected chi connectivity index (χ1v) is 12.3. The van der Waals surface area contributed by atoms with Gasteiger partial charge in [-0.1, -0.05) is 12.1 Å². The van der Waals surface area contributed by atoms with E-state index >= 15 is 0 Å². The molecule has 1 saturated carbocycles. The first-order chi connectivity index (χ1) is 18.7. The lowest BCUT2D eigenvalue weighted by atomic mass is 10.1. The van der Waals surface area contributed by atoms with Gasteiger partial charge in [0.2, 0.25) is 5.91 Å². The van der Waals surface area contributed by atoms with Gasteiger partial charge >= 0.3 is 0 Å². The van der Waals surface area contributed by atoms with Crippen LogP contribution in [0.2, 0.25) is 0 Å². The normalized spacial score (nSPS) is 13.2. The van der Waals surface area contributed by atoms with Crippen LogP contribution in [0.4, 0.5) is 5.69 Å². The summed E-state index contributed by atoms with van der Waals surface area (Å²) in [5, 5.41) is 10.5. The molecule has 1 aromatic carbocycles. The molecule has 0 spiro atoms. The van der Waals surface area contributed by atoms with Crippen molar-refractivity contribution in [2.75, 3.05) is 12.4 Å². The second-order valence-corrected chi connectivity index (χ2v) is 9.29. The molecule has 0 atom stereocenters. The van der Waals surface area contributed by atoms with E-state index < -0.39 is 0 Å². The lowest BCUT2D eigenvalue weighted by molar-refractivity contribution is -0.117. The molecule has 5 aromatic heterocycles. The SMILES string of the molecule is COc1cccc(-c2cncc3[nH]c(-c4n[nH]c5ccc(-c6cncc(NC(=O)C7CC7)c6)nc45)nc23)c1. The van der Waals surface area contributed by atoms with Gasteiger partial charge in [-0.25, -0.2) is 9.97 Å². The molecule has 0 aliphatic heterocycles. The molecule has 38 heavy (non-hydrogen) atoms. The van der Waals surface area contributed by atoms with Crippen LogP contribution in [0.5, 0.6) is 5.75 Å². The van der Waals surface area contributed by atoms with Crippen LogP contribution in [0.25, 0.3) is 56.0 Å². The lowest BCUT2D eigenvalue weighted by Gasteiger charge is -2.06. The van der Waals surface area contributed by atoms with Crippen LogP contribution in [0.3, 0.4) is 0 Å². The number of hydrogen-bond donors (Lipinski definition) is 3. The van der Waals surface area contributed by atoms with Gasteiger partial charge in [0, 0.05) is 29.4 Å². The Morgan fingerprint density at radius 1 is 0.947 bits per heavy atom. The predicted octanol–water partition coefficient (Wildman–Crippen LogP) is 4.98. The Bertz CT molecular complexity index is 1840. The fraction of sp³-hybridized carbons (Fsp3) is 0.143. The van der Waals surface area contributed by atoms with Crippen molar-refractivity contribution in [1.82, 2.24) is 35.1 Å². The van der Waals surface area contributed by atoms with Crippen molar-refractivity contribution in [1.29, 1.82) is 0 Å². The maximum atomic E-state index is 12.2. The Morgan fingerprint density at radius 3 is 2.71 bits per heavy atom. The zero-order valence-electron chi connectivity index (χ0n) is 20.4. The number of aromatic nitrogens is 7. The number of ether oxygens (including phenoxy) is 1. The zero-order valence-corrected chi connectivity index (χ0v) is 20.4. The van der Waals surface area contributed by atoms with Crippen molar-refractivity contribution in [3.63, 3.8) is 0 Å². The Balaban J connectivity index is 1.28. The molecular formula is C28H22N8O2. The van der Waals surface area contributed by atoms with E-state index in [4.69, 9.17) is 14.7 Å². The van der Waals surface area contributed by atoms with Gasteiger partial charge in [0.1, 0.15) is 11.3 Å². The Kier molecular flexibility index (Phi) is 5.10. The first kappa shape index (κ1) is 22.1. The molecule has 10 heteroatoms. The maximum Gasteiger partial charge on any atom is 0.227 e. The second kappa shape index (κ2) is 8.77. The molecular weight excluding hydrogens is 480 g/mol. The molecule has 0 radical (unpaired) electrons. The zero-order chi connectivity index (χ0) is 25.6. The third-order valence-electron chi connectivity index (χ3n) is 6.66. The Hall–Kier alpha value is -5.12. The predicted molar refractivity (Wildman–Crippen MR) is 143 cm³/mol. The number of imidazole rings is 1. The Labute approximate surface area is 216 Å². The van der Waals surface area contributed by atoms with Gasteiger partial charge < -0.3 is 15.0 Å². The van der Waals surface area contributed by atoms with Crippen molar-refractivity contribution in [3.8, 4) is 39.7 Å². The summed E-state index contributed by atoms with van der Waals surface area (Å²) in [7, 11) is 1.64. The highest BCUT2D eigenvalue weighted by Crippen LogP contribution is 2.33. The van der Waals surface area contributed by atoms with E-state index in [1.807, 2.05) is 42.5 Å². The molecule has 1 amide bonds. The highest BCUT2D eigenvalue weighted by atomic mass is 16.5. The van der Waals surface area contributed by atoms with E-state index in [0.717, 1.165) is 51.8 Å². The summed E-state index contributed by atoms with van der Waals surface area (Å²) in [5.74, 6) is 1.50. The molecule has 6 aromatic rings. The molecule has 10 nitrogen and oxygen atoms in total. The van der Waals surface area contributed by atoms with E-state index in [9.17, 15) is 4.79 Å². The number of aromatic amines is 2.